The summed E-state index contributed by atoms with van der Waals surface area (Å²) in [5.41, 5.74) is 0. The van der Waals surface area contributed by atoms with E-state index in [1.807, 2.05) is 0 Å². The second-order valence-electron chi connectivity index (χ2n) is 4.47. The number of carboxylic acids is 1. The number of anilines is 1. The molecule has 7 heteroatoms. The number of nitrogens with one attached hydrogen (secondary N) is 1. The zero-order valence-electron chi connectivity index (χ0n) is 10.0. The van der Waals surface area contributed by atoms with Gasteiger partial charge in [-0.25, -0.2) is 0 Å². The number of nitrogens with zero attached hydrogens (tertiary/aromatic N) is 2. The Morgan fingerprint density at radius 1 is 1.33 bits per heavy atom. The number of aryl methyl sites for hydroxylation is 1. The fourth-order valence-electron chi connectivity index (χ4n) is 2.29. The largest absolute Gasteiger partial charge is 0.481 e. The van der Waals surface area contributed by atoms with Crippen LogP contribution in [0.5, 0.6) is 0 Å². The van der Waals surface area contributed by atoms with Gasteiger partial charge in [-0.1, -0.05) is 18.0 Å². The Kier molecular flexibility index (Phi) is 3.59. The molecule has 0 aliphatic heterocycles. The van der Waals surface area contributed by atoms with Crippen molar-refractivity contribution in [1.82, 2.24) is 10.1 Å². The number of hydrogen-bond donors (Lipinski definition) is 2. The fraction of sp³-hybridized carbons (Fsp3) is 0.636. The molecule has 1 fully saturated rings. The van der Waals surface area contributed by atoms with Gasteiger partial charge in [0.15, 0.2) is 5.82 Å². The lowest BCUT2D eigenvalue weighted by Gasteiger charge is -2.26. The van der Waals surface area contributed by atoms with Crippen molar-refractivity contribution in [2.45, 2.75) is 32.6 Å². The van der Waals surface area contributed by atoms with Gasteiger partial charge >= 0.3 is 12.0 Å². The first kappa shape index (κ1) is 12.5. The number of aliphatic carboxylic acids is 1. The van der Waals surface area contributed by atoms with Gasteiger partial charge in [0.1, 0.15) is 0 Å². The van der Waals surface area contributed by atoms with Crippen LogP contribution < -0.4 is 5.32 Å². The summed E-state index contributed by atoms with van der Waals surface area (Å²) in [4.78, 5) is 26.9. The molecule has 7 nitrogen and oxygen atoms in total. The highest BCUT2D eigenvalue weighted by Gasteiger charge is 2.36. The number of aromatic nitrogens is 2. The summed E-state index contributed by atoms with van der Waals surface area (Å²) in [6.07, 6.45) is 2.83. The Bertz CT molecular complexity index is 457. The molecule has 1 saturated carbocycles. The number of carbonyl (C=O) groups is 2. The second kappa shape index (κ2) is 5.16. The molecule has 2 N–H and O–H groups in total. The predicted octanol–water partition coefficient (Wildman–Crippen LogP) is 1.21. The Labute approximate surface area is 104 Å². The fourth-order valence-corrected chi connectivity index (χ4v) is 2.29. The third-order valence-electron chi connectivity index (χ3n) is 3.18. The van der Waals surface area contributed by atoms with E-state index in [0.29, 0.717) is 18.7 Å². The molecule has 2 rings (SSSR count). The van der Waals surface area contributed by atoms with E-state index in [1.165, 1.54) is 0 Å². The van der Waals surface area contributed by atoms with E-state index >= 15 is 0 Å². The molecule has 0 spiro atoms. The zero-order chi connectivity index (χ0) is 13.1. The number of carbonyl (C=O) groups excluding carboxylic acids is 1. The molecule has 0 saturated heterocycles. The first-order valence-corrected chi connectivity index (χ1v) is 5.92. The molecule has 1 amide bonds. The van der Waals surface area contributed by atoms with Crippen LogP contribution in [0.4, 0.5) is 6.01 Å². The number of carboxylic acid groups (broad SMARTS) is 1. The van der Waals surface area contributed by atoms with Crippen molar-refractivity contribution in [3.63, 3.8) is 0 Å². The average molecular weight is 253 g/mol. The molecule has 0 aromatic carbocycles. The van der Waals surface area contributed by atoms with E-state index in [1.54, 1.807) is 6.92 Å². The van der Waals surface area contributed by atoms with Gasteiger partial charge < -0.3 is 9.63 Å². The maximum Gasteiger partial charge on any atom is 0.328 e. The molecule has 1 heterocycles. The Balaban J connectivity index is 2.04. The third kappa shape index (κ3) is 2.66. The topological polar surface area (TPSA) is 105 Å². The molecule has 1 aromatic heterocycles. The summed E-state index contributed by atoms with van der Waals surface area (Å²) in [5.74, 6) is -2.00. The van der Waals surface area contributed by atoms with Gasteiger partial charge in [0, 0.05) is 0 Å². The quantitative estimate of drug-likeness (QED) is 0.838. The maximum absolute atomic E-state index is 12.0. The molecule has 2 unspecified atom stereocenters. The summed E-state index contributed by atoms with van der Waals surface area (Å²) < 4.78 is 4.78. The van der Waals surface area contributed by atoms with Gasteiger partial charge in [-0.3, -0.25) is 14.9 Å². The van der Waals surface area contributed by atoms with Gasteiger partial charge in [-0.15, -0.1) is 0 Å². The lowest BCUT2D eigenvalue weighted by atomic mass is 9.79. The van der Waals surface area contributed by atoms with E-state index in [4.69, 9.17) is 9.63 Å². The van der Waals surface area contributed by atoms with Crippen molar-refractivity contribution < 1.29 is 19.2 Å². The van der Waals surface area contributed by atoms with Crippen LogP contribution in [-0.2, 0) is 9.59 Å². The van der Waals surface area contributed by atoms with Gasteiger partial charge in [-0.2, -0.15) is 4.98 Å². The molecule has 98 valence electrons. The number of amides is 1. The first-order chi connectivity index (χ1) is 8.58. The SMILES string of the molecule is Cc1noc(NC(=O)C2CCCCC2C(=O)O)n1. The Morgan fingerprint density at radius 2 is 2.00 bits per heavy atom. The van der Waals surface area contributed by atoms with Crippen molar-refractivity contribution in [3.05, 3.63) is 5.82 Å². The van der Waals surface area contributed by atoms with Crippen LogP contribution in [0.2, 0.25) is 0 Å². The monoisotopic (exact) mass is 253 g/mol. The van der Waals surface area contributed by atoms with Gasteiger partial charge in [-0.05, 0) is 19.8 Å². The van der Waals surface area contributed by atoms with Crippen molar-refractivity contribution in [2.24, 2.45) is 11.8 Å². The number of hydrogen-bond acceptors (Lipinski definition) is 5. The first-order valence-electron chi connectivity index (χ1n) is 5.92. The van der Waals surface area contributed by atoms with Crippen LogP contribution in [0.3, 0.4) is 0 Å². The molecule has 0 bridgehead atoms. The van der Waals surface area contributed by atoms with E-state index in [-0.39, 0.29) is 11.9 Å². The zero-order valence-corrected chi connectivity index (χ0v) is 10.0. The van der Waals surface area contributed by atoms with E-state index in [9.17, 15) is 9.59 Å². The molecular formula is C11H15N3O4. The summed E-state index contributed by atoms with van der Waals surface area (Å²) in [6.45, 7) is 1.64. The van der Waals surface area contributed by atoms with Crippen LogP contribution in [0.15, 0.2) is 4.52 Å². The summed E-state index contributed by atoms with van der Waals surface area (Å²) >= 11 is 0. The van der Waals surface area contributed by atoms with Crippen molar-refractivity contribution in [1.29, 1.82) is 0 Å². The van der Waals surface area contributed by atoms with Crippen LogP contribution in [0, 0.1) is 18.8 Å². The second-order valence-corrected chi connectivity index (χ2v) is 4.47. The molecule has 1 aromatic rings. The highest BCUT2D eigenvalue weighted by atomic mass is 16.5. The highest BCUT2D eigenvalue weighted by molar-refractivity contribution is 5.93. The molecule has 18 heavy (non-hydrogen) atoms. The van der Waals surface area contributed by atoms with Gasteiger partial charge in [0.2, 0.25) is 5.91 Å². The minimum atomic E-state index is -0.920. The summed E-state index contributed by atoms with van der Waals surface area (Å²) in [5, 5.41) is 15.1. The van der Waals surface area contributed by atoms with Crippen LogP contribution in [0.25, 0.3) is 0 Å². The molecule has 0 radical (unpaired) electrons. The summed E-state index contributed by atoms with van der Waals surface area (Å²) in [6, 6.07) is 0.0206. The van der Waals surface area contributed by atoms with Gasteiger partial charge in [0.25, 0.3) is 0 Å². The third-order valence-corrected chi connectivity index (χ3v) is 3.18. The minimum absolute atomic E-state index is 0.0206. The molecule has 1 aliphatic carbocycles. The minimum Gasteiger partial charge on any atom is -0.481 e. The maximum atomic E-state index is 12.0. The van der Waals surface area contributed by atoms with Crippen molar-refractivity contribution >= 4 is 17.9 Å². The van der Waals surface area contributed by atoms with Crippen molar-refractivity contribution in [2.75, 3.05) is 5.32 Å². The van der Waals surface area contributed by atoms with Crippen molar-refractivity contribution in [3.8, 4) is 0 Å². The van der Waals surface area contributed by atoms with E-state index in [2.05, 4.69) is 15.5 Å². The smallest absolute Gasteiger partial charge is 0.328 e. The highest BCUT2D eigenvalue weighted by Crippen LogP contribution is 2.31. The predicted molar refractivity (Wildman–Crippen MR) is 60.7 cm³/mol. The number of rotatable bonds is 3. The average Bonchev–Trinajstić information content (AvgIpc) is 2.74. The molecule has 2 atom stereocenters. The Hall–Kier alpha value is -1.92. The summed E-state index contributed by atoms with van der Waals surface area (Å²) in [7, 11) is 0. The Morgan fingerprint density at radius 3 is 2.56 bits per heavy atom. The van der Waals surface area contributed by atoms with Crippen LogP contribution in [-0.4, -0.2) is 27.1 Å². The standard InChI is InChI=1S/C11H15N3O4/c1-6-12-11(18-14-6)13-9(15)7-4-2-3-5-8(7)10(16)17/h7-8H,2-5H2,1H3,(H,16,17)(H,12,13,14,15). The molecular weight excluding hydrogens is 238 g/mol. The van der Waals surface area contributed by atoms with E-state index < -0.39 is 17.8 Å². The normalized spacial score (nSPS) is 23.6. The van der Waals surface area contributed by atoms with E-state index in [0.717, 1.165) is 12.8 Å². The lowest BCUT2D eigenvalue weighted by molar-refractivity contribution is -0.147. The lowest BCUT2D eigenvalue weighted by Crippen LogP contribution is -2.36. The van der Waals surface area contributed by atoms with Crippen LogP contribution >= 0.6 is 0 Å². The van der Waals surface area contributed by atoms with Crippen LogP contribution in [0.1, 0.15) is 31.5 Å². The van der Waals surface area contributed by atoms with Gasteiger partial charge in [0.05, 0.1) is 11.8 Å². The molecule has 1 aliphatic rings.